The van der Waals surface area contributed by atoms with Crippen LogP contribution < -0.4 is 5.56 Å². The smallest absolute Gasteiger partial charge is 0.278 e. The predicted molar refractivity (Wildman–Crippen MR) is 115 cm³/mol. The highest BCUT2D eigenvalue weighted by molar-refractivity contribution is 5.80. The zero-order valence-corrected chi connectivity index (χ0v) is 16.9. The van der Waals surface area contributed by atoms with E-state index in [-0.39, 0.29) is 5.56 Å². The van der Waals surface area contributed by atoms with Crippen molar-refractivity contribution in [3.8, 4) is 22.5 Å². The van der Waals surface area contributed by atoms with Gasteiger partial charge in [-0.1, -0.05) is 61.9 Å². The highest BCUT2D eigenvalue weighted by Gasteiger charge is 2.12. The zero-order valence-electron chi connectivity index (χ0n) is 16.9. The van der Waals surface area contributed by atoms with E-state index in [1.165, 1.54) is 10.8 Å². The fraction of sp³-hybridized carbons (Fsp3) is 0.182. The van der Waals surface area contributed by atoms with Crippen molar-refractivity contribution in [1.82, 2.24) is 39.8 Å². The Morgan fingerprint density at radius 2 is 1.84 bits per heavy atom. The predicted octanol–water partition coefficient (Wildman–Crippen LogP) is 2.74. The molecule has 3 aromatic heterocycles. The Labute approximate surface area is 177 Å². The third-order valence-electron chi connectivity index (χ3n) is 5.22. The van der Waals surface area contributed by atoms with Gasteiger partial charge in [0.15, 0.2) is 0 Å². The topological polar surface area (TPSA) is 107 Å². The second-order valence-corrected chi connectivity index (χ2v) is 7.29. The minimum absolute atomic E-state index is 0.0981. The first-order chi connectivity index (χ1) is 15.2. The number of aryl methyl sites for hydroxylation is 1. The van der Waals surface area contributed by atoms with E-state index in [9.17, 15) is 4.79 Å². The van der Waals surface area contributed by atoms with Crippen molar-refractivity contribution in [3.05, 3.63) is 82.5 Å². The van der Waals surface area contributed by atoms with E-state index in [1.807, 2.05) is 35.0 Å². The first-order valence-corrected chi connectivity index (χ1v) is 10.1. The minimum Gasteiger partial charge on any atom is -0.312 e. The molecule has 0 unspecified atom stereocenters. The summed E-state index contributed by atoms with van der Waals surface area (Å²) in [6, 6.07) is 16.3. The van der Waals surface area contributed by atoms with Crippen molar-refractivity contribution in [1.29, 1.82) is 0 Å². The van der Waals surface area contributed by atoms with E-state index in [4.69, 9.17) is 0 Å². The summed E-state index contributed by atoms with van der Waals surface area (Å²) in [6.45, 7) is 2.65. The molecule has 0 aliphatic heterocycles. The normalized spacial score (nSPS) is 11.3. The van der Waals surface area contributed by atoms with Crippen LogP contribution >= 0.6 is 0 Å². The molecule has 31 heavy (non-hydrogen) atoms. The van der Waals surface area contributed by atoms with Crippen LogP contribution in [0.4, 0.5) is 0 Å². The van der Waals surface area contributed by atoms with Crippen LogP contribution in [0.2, 0.25) is 0 Å². The lowest BCUT2D eigenvalue weighted by Crippen LogP contribution is -2.23. The largest absolute Gasteiger partial charge is 0.312 e. The minimum atomic E-state index is -0.0981. The van der Waals surface area contributed by atoms with E-state index in [0.717, 1.165) is 34.2 Å². The van der Waals surface area contributed by atoms with Crippen LogP contribution in [0, 0.1) is 0 Å². The highest BCUT2D eigenvalue weighted by Crippen LogP contribution is 2.29. The summed E-state index contributed by atoms with van der Waals surface area (Å²) in [7, 11) is 0. The molecular formula is C22H20N8O. The summed E-state index contributed by atoms with van der Waals surface area (Å²) in [5.41, 5.74) is 4.74. The van der Waals surface area contributed by atoms with Crippen molar-refractivity contribution in [3.63, 3.8) is 0 Å². The molecule has 0 saturated heterocycles. The second kappa shape index (κ2) is 7.94. The van der Waals surface area contributed by atoms with Gasteiger partial charge in [0.2, 0.25) is 11.6 Å². The third kappa shape index (κ3) is 3.50. The highest BCUT2D eigenvalue weighted by atomic mass is 16.1. The van der Waals surface area contributed by atoms with Crippen LogP contribution in [0.15, 0.2) is 65.8 Å². The summed E-state index contributed by atoms with van der Waals surface area (Å²) in [4.78, 5) is 16.8. The Hall–Kier alpha value is -4.14. The van der Waals surface area contributed by atoms with Gasteiger partial charge < -0.3 is 4.57 Å². The van der Waals surface area contributed by atoms with Crippen molar-refractivity contribution < 1.29 is 0 Å². The Bertz CT molecular complexity index is 1380. The van der Waals surface area contributed by atoms with Crippen molar-refractivity contribution in [2.45, 2.75) is 26.3 Å². The van der Waals surface area contributed by atoms with Crippen molar-refractivity contribution in [2.75, 3.05) is 0 Å². The number of benzene rings is 2. The number of aromatic amines is 1. The Balaban J connectivity index is 1.48. The van der Waals surface area contributed by atoms with Gasteiger partial charge >= 0.3 is 0 Å². The van der Waals surface area contributed by atoms with E-state index < -0.39 is 0 Å². The number of aromatic nitrogens is 8. The molecule has 5 aromatic rings. The number of tetrazole rings is 1. The van der Waals surface area contributed by atoms with Crippen LogP contribution in [0.1, 0.15) is 24.5 Å². The molecule has 0 amide bonds. The van der Waals surface area contributed by atoms with Crippen molar-refractivity contribution >= 4 is 5.78 Å². The van der Waals surface area contributed by atoms with E-state index >= 15 is 0 Å². The van der Waals surface area contributed by atoms with Gasteiger partial charge in [0.1, 0.15) is 6.33 Å². The van der Waals surface area contributed by atoms with Crippen LogP contribution in [0.3, 0.4) is 0 Å². The zero-order chi connectivity index (χ0) is 21.2. The molecule has 0 radical (unpaired) electrons. The third-order valence-corrected chi connectivity index (χ3v) is 5.22. The summed E-state index contributed by atoms with van der Waals surface area (Å²) < 4.78 is 3.35. The maximum atomic E-state index is 12.5. The van der Waals surface area contributed by atoms with Crippen LogP contribution in [0.5, 0.6) is 0 Å². The second-order valence-electron chi connectivity index (χ2n) is 7.29. The quantitative estimate of drug-likeness (QED) is 0.460. The van der Waals surface area contributed by atoms with Gasteiger partial charge in [-0.2, -0.15) is 19.8 Å². The first-order valence-electron chi connectivity index (χ1n) is 10.1. The lowest BCUT2D eigenvalue weighted by atomic mass is 9.98. The van der Waals surface area contributed by atoms with Crippen LogP contribution in [0.25, 0.3) is 28.3 Å². The molecule has 3 heterocycles. The lowest BCUT2D eigenvalue weighted by molar-refractivity contribution is 0.729. The monoisotopic (exact) mass is 412 g/mol. The van der Waals surface area contributed by atoms with Gasteiger partial charge in [-0.05, 0) is 28.3 Å². The molecule has 0 saturated carbocycles. The van der Waals surface area contributed by atoms with E-state index in [1.54, 1.807) is 0 Å². The molecular weight excluding hydrogens is 392 g/mol. The van der Waals surface area contributed by atoms with Gasteiger partial charge in [-0.15, -0.1) is 10.2 Å². The van der Waals surface area contributed by atoms with Gasteiger partial charge in [-0.25, -0.2) is 0 Å². The van der Waals surface area contributed by atoms with Gasteiger partial charge in [0, 0.05) is 17.3 Å². The van der Waals surface area contributed by atoms with Crippen LogP contribution in [-0.4, -0.2) is 39.8 Å². The maximum absolute atomic E-state index is 12.5. The molecule has 154 valence electrons. The molecule has 0 bridgehead atoms. The first kappa shape index (κ1) is 18.9. The van der Waals surface area contributed by atoms with Gasteiger partial charge in [-0.3, -0.25) is 4.79 Å². The summed E-state index contributed by atoms with van der Waals surface area (Å²) in [5, 5.41) is 18.5. The maximum Gasteiger partial charge on any atom is 0.278 e. The average Bonchev–Trinajstić information content (AvgIpc) is 3.50. The fourth-order valence-electron chi connectivity index (χ4n) is 3.76. The number of nitrogens with one attached hydrogen (secondary N) is 1. The summed E-state index contributed by atoms with van der Waals surface area (Å²) in [6.07, 6.45) is 4.92. The van der Waals surface area contributed by atoms with E-state index in [0.29, 0.717) is 24.6 Å². The number of H-pyrrole nitrogens is 1. The number of fused-ring (bicyclic) bond motifs is 1. The molecule has 1 N–H and O–H groups in total. The molecule has 0 aliphatic rings. The number of rotatable bonds is 6. The molecule has 0 spiro atoms. The van der Waals surface area contributed by atoms with E-state index in [2.05, 4.69) is 61.9 Å². The Kier molecular flexibility index (Phi) is 4.83. The van der Waals surface area contributed by atoms with Crippen LogP contribution in [-0.2, 0) is 13.0 Å². The SMILES string of the molecule is CCCc1cn(Cc2ccc(-c3ccccc3-c3nn[nH]n3)cc2)c2ncnn2c1=O. The number of nitrogens with zero attached hydrogens (tertiary/aromatic N) is 7. The Morgan fingerprint density at radius 1 is 1.03 bits per heavy atom. The standard InChI is InChI=1S/C22H20N8O/c1-2-5-17-13-29(22-23-14-24-30(22)21(17)31)12-15-8-10-16(11-9-15)18-6-3-4-7-19(18)20-25-27-28-26-20/h3-4,6-11,13-14H,2,5,12H2,1H3,(H,25,26,27,28). The van der Waals surface area contributed by atoms with Crippen molar-refractivity contribution in [2.24, 2.45) is 0 Å². The molecule has 9 heteroatoms. The lowest BCUT2D eigenvalue weighted by Gasteiger charge is -2.12. The number of hydrogen-bond acceptors (Lipinski definition) is 6. The molecule has 5 rings (SSSR count). The molecule has 2 aromatic carbocycles. The summed E-state index contributed by atoms with van der Waals surface area (Å²) in [5.74, 6) is 1.10. The summed E-state index contributed by atoms with van der Waals surface area (Å²) >= 11 is 0. The number of hydrogen-bond donors (Lipinski definition) is 1. The molecule has 0 atom stereocenters. The molecule has 0 aliphatic carbocycles. The molecule has 0 fully saturated rings. The van der Waals surface area contributed by atoms with Gasteiger partial charge in [0.05, 0.1) is 6.54 Å². The fourth-order valence-corrected chi connectivity index (χ4v) is 3.76. The Morgan fingerprint density at radius 3 is 2.58 bits per heavy atom. The molecule has 9 nitrogen and oxygen atoms in total. The average molecular weight is 412 g/mol. The van der Waals surface area contributed by atoms with Gasteiger partial charge in [0.25, 0.3) is 5.56 Å².